The third-order valence-electron chi connectivity index (χ3n) is 7.73. The Morgan fingerprint density at radius 3 is 2.83 bits per heavy atom. The number of nitrogens with zero attached hydrogens (tertiary/aromatic N) is 3. The van der Waals surface area contributed by atoms with Crippen LogP contribution in [-0.2, 0) is 16.6 Å². The number of aromatic nitrogens is 2. The highest BCUT2D eigenvalue weighted by Crippen LogP contribution is 2.34. The second-order valence-corrected chi connectivity index (χ2v) is 10.6. The number of amides is 3. The number of para-hydroxylation sites is 1. The maximum atomic E-state index is 13.5. The molecular formula is C30H36N6O4. The van der Waals surface area contributed by atoms with E-state index in [-0.39, 0.29) is 30.9 Å². The molecular weight excluding hydrogens is 508 g/mol. The molecule has 0 aliphatic carbocycles. The van der Waals surface area contributed by atoms with Crippen molar-refractivity contribution in [3.8, 4) is 5.75 Å². The number of allylic oxidation sites excluding steroid dienone is 1. The first-order valence-electron chi connectivity index (χ1n) is 13.7. The van der Waals surface area contributed by atoms with Gasteiger partial charge >= 0.3 is 0 Å². The molecule has 1 aromatic heterocycles. The number of carbonyl (C=O) groups is 3. The number of carbonyl (C=O) groups excluding carboxylic acids is 3. The molecule has 1 saturated heterocycles. The number of nitrogens with one attached hydrogen (secondary N) is 3. The fourth-order valence-electron chi connectivity index (χ4n) is 5.54. The topological polar surface area (TPSA) is 118 Å². The van der Waals surface area contributed by atoms with Crippen LogP contribution < -0.4 is 20.7 Å². The SMILES string of the molecule is Cc1nc2cc(NC(=O)CN3CCCC4(C/C=C\COc5ccccc5C(=O)NCCNC4=O)C3)ccc2n1C. The molecule has 1 fully saturated rings. The van der Waals surface area contributed by atoms with E-state index in [0.717, 1.165) is 29.8 Å². The van der Waals surface area contributed by atoms with Crippen molar-refractivity contribution in [3.63, 3.8) is 0 Å². The summed E-state index contributed by atoms with van der Waals surface area (Å²) in [5, 5.41) is 8.87. The fourth-order valence-corrected chi connectivity index (χ4v) is 5.54. The normalized spacial score (nSPS) is 21.6. The summed E-state index contributed by atoms with van der Waals surface area (Å²) in [6.45, 7) is 4.24. The third-order valence-corrected chi connectivity index (χ3v) is 7.73. The van der Waals surface area contributed by atoms with Crippen molar-refractivity contribution in [1.29, 1.82) is 0 Å². The summed E-state index contributed by atoms with van der Waals surface area (Å²) in [5.41, 5.74) is 2.33. The van der Waals surface area contributed by atoms with Crippen LogP contribution in [0.2, 0.25) is 0 Å². The Morgan fingerprint density at radius 2 is 1.95 bits per heavy atom. The van der Waals surface area contributed by atoms with Gasteiger partial charge in [0.1, 0.15) is 18.2 Å². The van der Waals surface area contributed by atoms with E-state index in [1.165, 1.54) is 0 Å². The highest BCUT2D eigenvalue weighted by Gasteiger charge is 2.41. The summed E-state index contributed by atoms with van der Waals surface area (Å²) in [7, 11) is 1.97. The summed E-state index contributed by atoms with van der Waals surface area (Å²) in [4.78, 5) is 45.7. The third kappa shape index (κ3) is 6.02. The maximum absolute atomic E-state index is 13.5. The minimum atomic E-state index is -0.675. The molecule has 40 heavy (non-hydrogen) atoms. The lowest BCUT2D eigenvalue weighted by Crippen LogP contribution is -2.53. The van der Waals surface area contributed by atoms with E-state index in [2.05, 4.69) is 20.9 Å². The Balaban J connectivity index is 1.25. The molecule has 3 aromatic rings. The number of benzene rings is 2. The van der Waals surface area contributed by atoms with Gasteiger partial charge in [0.25, 0.3) is 5.91 Å². The summed E-state index contributed by atoms with van der Waals surface area (Å²) >= 11 is 0. The zero-order chi connectivity index (χ0) is 28.1. The minimum absolute atomic E-state index is 0.0640. The van der Waals surface area contributed by atoms with Gasteiger partial charge in [-0.25, -0.2) is 4.98 Å². The number of ether oxygens (including phenoxy) is 1. The van der Waals surface area contributed by atoms with Gasteiger partial charge in [0, 0.05) is 32.4 Å². The number of fused-ring (bicyclic) bond motifs is 2. The second-order valence-electron chi connectivity index (χ2n) is 10.6. The van der Waals surface area contributed by atoms with Crippen LogP contribution in [0.4, 0.5) is 5.69 Å². The Hall–Kier alpha value is -4.18. The number of aryl methyl sites for hydroxylation is 2. The molecule has 3 heterocycles. The lowest BCUT2D eigenvalue weighted by molar-refractivity contribution is -0.135. The molecule has 2 aliphatic heterocycles. The first kappa shape index (κ1) is 27.4. The van der Waals surface area contributed by atoms with Gasteiger partial charge in [-0.3, -0.25) is 19.3 Å². The molecule has 2 aliphatic rings. The average molecular weight is 545 g/mol. The van der Waals surface area contributed by atoms with Crippen molar-refractivity contribution in [2.45, 2.75) is 26.2 Å². The first-order chi connectivity index (χ1) is 19.3. The maximum Gasteiger partial charge on any atom is 0.255 e. The fraction of sp³-hybridized carbons (Fsp3) is 0.400. The highest BCUT2D eigenvalue weighted by molar-refractivity contribution is 5.97. The molecule has 5 rings (SSSR count). The first-order valence-corrected chi connectivity index (χ1v) is 13.7. The Morgan fingerprint density at radius 1 is 1.12 bits per heavy atom. The molecule has 0 bridgehead atoms. The number of anilines is 1. The number of piperidine rings is 1. The van der Waals surface area contributed by atoms with E-state index < -0.39 is 5.41 Å². The van der Waals surface area contributed by atoms with Crippen LogP contribution >= 0.6 is 0 Å². The van der Waals surface area contributed by atoms with E-state index in [9.17, 15) is 14.4 Å². The summed E-state index contributed by atoms with van der Waals surface area (Å²) < 4.78 is 7.87. The van der Waals surface area contributed by atoms with E-state index in [4.69, 9.17) is 4.74 Å². The minimum Gasteiger partial charge on any atom is -0.489 e. The van der Waals surface area contributed by atoms with Crippen LogP contribution in [0.5, 0.6) is 5.75 Å². The smallest absolute Gasteiger partial charge is 0.255 e. The van der Waals surface area contributed by atoms with Gasteiger partial charge in [-0.2, -0.15) is 0 Å². The predicted molar refractivity (Wildman–Crippen MR) is 153 cm³/mol. The summed E-state index contributed by atoms with van der Waals surface area (Å²) in [5.74, 6) is 0.994. The molecule has 2 aromatic carbocycles. The van der Waals surface area contributed by atoms with Crippen molar-refractivity contribution in [2.75, 3.05) is 44.6 Å². The molecule has 3 amide bonds. The van der Waals surface area contributed by atoms with Crippen molar-refractivity contribution >= 4 is 34.4 Å². The zero-order valence-corrected chi connectivity index (χ0v) is 23.0. The van der Waals surface area contributed by atoms with Gasteiger partial charge < -0.3 is 25.3 Å². The number of imidazole rings is 1. The van der Waals surface area contributed by atoms with Gasteiger partial charge in [0.05, 0.1) is 28.6 Å². The number of likely N-dealkylation sites (tertiary alicyclic amines) is 1. The number of hydrogen-bond acceptors (Lipinski definition) is 6. The van der Waals surface area contributed by atoms with Gasteiger partial charge in [-0.1, -0.05) is 24.3 Å². The van der Waals surface area contributed by atoms with Crippen LogP contribution in [0.15, 0.2) is 54.6 Å². The molecule has 1 unspecified atom stereocenters. The van der Waals surface area contributed by atoms with Crippen LogP contribution in [0, 0.1) is 12.3 Å². The van der Waals surface area contributed by atoms with E-state index >= 15 is 0 Å². The van der Waals surface area contributed by atoms with Crippen molar-refractivity contribution in [2.24, 2.45) is 12.5 Å². The van der Waals surface area contributed by atoms with Gasteiger partial charge in [-0.05, 0) is 63.1 Å². The quantitative estimate of drug-likeness (QED) is 0.437. The lowest BCUT2D eigenvalue weighted by Gasteiger charge is -2.41. The average Bonchev–Trinajstić information content (AvgIpc) is 3.22. The lowest BCUT2D eigenvalue weighted by atomic mass is 9.76. The Kier molecular flexibility index (Phi) is 8.16. The largest absolute Gasteiger partial charge is 0.489 e. The van der Waals surface area contributed by atoms with E-state index in [1.807, 2.05) is 59.9 Å². The molecule has 10 heteroatoms. The summed E-state index contributed by atoms with van der Waals surface area (Å²) in [6.07, 6.45) is 5.91. The van der Waals surface area contributed by atoms with Crippen LogP contribution in [-0.4, -0.2) is 71.5 Å². The van der Waals surface area contributed by atoms with Crippen LogP contribution in [0.1, 0.15) is 35.4 Å². The Labute approximate surface area is 233 Å². The molecule has 1 spiro atoms. The molecule has 3 N–H and O–H groups in total. The molecule has 1 atom stereocenters. The zero-order valence-electron chi connectivity index (χ0n) is 23.0. The number of hydrogen-bond donors (Lipinski definition) is 3. The molecule has 0 radical (unpaired) electrons. The number of rotatable bonds is 3. The molecule has 10 nitrogen and oxygen atoms in total. The van der Waals surface area contributed by atoms with Gasteiger partial charge in [-0.15, -0.1) is 0 Å². The summed E-state index contributed by atoms with van der Waals surface area (Å²) in [6, 6.07) is 12.8. The standard InChI is InChI=1S/C30H36N6O4/c1-21-33-24-18-22(10-11-25(24)35(21)2)34-27(37)19-36-16-7-13-30(20-36)12-5-6-17-40-26-9-4-3-8-23(26)28(38)31-14-15-32-29(30)39/h3-6,8-11,18H,7,12-17,19-20H2,1-2H3,(H,31,38)(H,32,39)(H,34,37)/b6-5-. The molecule has 0 saturated carbocycles. The van der Waals surface area contributed by atoms with Crippen LogP contribution in [0.3, 0.4) is 0 Å². The highest BCUT2D eigenvalue weighted by atomic mass is 16.5. The van der Waals surface area contributed by atoms with Gasteiger partial charge in [0.2, 0.25) is 11.8 Å². The van der Waals surface area contributed by atoms with E-state index in [0.29, 0.717) is 49.5 Å². The second kappa shape index (κ2) is 11.9. The molecule has 210 valence electrons. The van der Waals surface area contributed by atoms with Crippen LogP contribution in [0.25, 0.3) is 11.0 Å². The monoisotopic (exact) mass is 544 g/mol. The van der Waals surface area contributed by atoms with Crippen molar-refractivity contribution in [3.05, 3.63) is 66.0 Å². The van der Waals surface area contributed by atoms with E-state index in [1.54, 1.807) is 18.2 Å². The van der Waals surface area contributed by atoms with Gasteiger partial charge in [0.15, 0.2) is 0 Å². The Bertz CT molecular complexity index is 1450. The van der Waals surface area contributed by atoms with Crippen molar-refractivity contribution < 1.29 is 19.1 Å². The predicted octanol–water partition coefficient (Wildman–Crippen LogP) is 2.79. The van der Waals surface area contributed by atoms with Crippen molar-refractivity contribution in [1.82, 2.24) is 25.1 Å².